The highest BCUT2D eigenvalue weighted by Gasteiger charge is 2.20. The van der Waals surface area contributed by atoms with Crippen molar-refractivity contribution in [2.75, 3.05) is 11.9 Å². The Morgan fingerprint density at radius 3 is 2.88 bits per heavy atom. The molecule has 6 heteroatoms. The molecule has 0 atom stereocenters. The average molecular weight is 353 g/mol. The number of amides is 1. The van der Waals surface area contributed by atoms with Crippen molar-refractivity contribution in [1.82, 2.24) is 9.78 Å². The Balaban J connectivity index is 1.48. The largest absolute Gasteiger partial charge is 0.452 e. The summed E-state index contributed by atoms with van der Waals surface area (Å²) in [7, 11) is 0. The van der Waals surface area contributed by atoms with E-state index >= 15 is 0 Å². The Morgan fingerprint density at radius 1 is 1.31 bits per heavy atom. The molecule has 6 nitrogen and oxygen atoms in total. The highest BCUT2D eigenvalue weighted by molar-refractivity contribution is 5.94. The normalized spacial score (nSPS) is 14.7. The van der Waals surface area contributed by atoms with E-state index in [4.69, 9.17) is 4.74 Å². The van der Waals surface area contributed by atoms with Crippen LogP contribution >= 0.6 is 0 Å². The summed E-state index contributed by atoms with van der Waals surface area (Å²) >= 11 is 0. The molecule has 26 heavy (non-hydrogen) atoms. The van der Waals surface area contributed by atoms with Crippen LogP contribution in [-0.4, -0.2) is 28.3 Å². The summed E-state index contributed by atoms with van der Waals surface area (Å²) in [6.07, 6.45) is 9.18. The van der Waals surface area contributed by atoms with E-state index in [-0.39, 0.29) is 12.5 Å². The lowest BCUT2D eigenvalue weighted by atomic mass is 10.1. The second-order valence-electron chi connectivity index (χ2n) is 6.50. The fraction of sp³-hybridized carbons (Fsp3) is 0.350. The molecule has 0 radical (unpaired) electrons. The van der Waals surface area contributed by atoms with E-state index in [2.05, 4.69) is 10.4 Å². The lowest BCUT2D eigenvalue weighted by Gasteiger charge is -2.14. The molecule has 0 saturated heterocycles. The maximum absolute atomic E-state index is 12.0. The molecule has 0 aliphatic heterocycles. The number of carbonyl (C=O) groups excluding carboxylic acids is 2. The van der Waals surface area contributed by atoms with Gasteiger partial charge in [-0.1, -0.05) is 42.7 Å². The summed E-state index contributed by atoms with van der Waals surface area (Å²) in [5.41, 5.74) is 2.02. The van der Waals surface area contributed by atoms with Gasteiger partial charge < -0.3 is 10.1 Å². The first kappa shape index (κ1) is 17.9. The molecule has 0 spiro atoms. The minimum Gasteiger partial charge on any atom is -0.452 e. The monoisotopic (exact) mass is 353 g/mol. The molecule has 1 N–H and O–H groups in total. The zero-order chi connectivity index (χ0) is 18.4. The number of hydrogen-bond donors (Lipinski definition) is 1. The van der Waals surface area contributed by atoms with Crippen molar-refractivity contribution >= 4 is 23.8 Å². The lowest BCUT2D eigenvalue weighted by Crippen LogP contribution is -2.22. The second kappa shape index (κ2) is 8.47. The van der Waals surface area contributed by atoms with Gasteiger partial charge >= 0.3 is 5.97 Å². The Morgan fingerprint density at radius 2 is 2.12 bits per heavy atom. The van der Waals surface area contributed by atoms with Gasteiger partial charge in [-0.05, 0) is 31.4 Å². The molecular weight excluding hydrogens is 330 g/mol. The van der Waals surface area contributed by atoms with Gasteiger partial charge in [-0.3, -0.25) is 4.79 Å². The summed E-state index contributed by atoms with van der Waals surface area (Å²) in [5, 5.41) is 7.06. The highest BCUT2D eigenvalue weighted by Crippen LogP contribution is 2.31. The molecule has 136 valence electrons. The van der Waals surface area contributed by atoms with Crippen molar-refractivity contribution in [3.63, 3.8) is 0 Å². The van der Waals surface area contributed by atoms with Gasteiger partial charge in [0.25, 0.3) is 5.91 Å². The number of hydrogen-bond acceptors (Lipinski definition) is 4. The Kier molecular flexibility index (Phi) is 5.84. The molecule has 0 unspecified atom stereocenters. The molecule has 1 aliphatic carbocycles. The van der Waals surface area contributed by atoms with Crippen LogP contribution in [0.2, 0.25) is 0 Å². The molecule has 1 aromatic carbocycles. The molecule has 1 heterocycles. The smallest absolute Gasteiger partial charge is 0.331 e. The van der Waals surface area contributed by atoms with Crippen molar-refractivity contribution in [3.8, 4) is 0 Å². The number of rotatable bonds is 6. The van der Waals surface area contributed by atoms with Crippen molar-refractivity contribution in [3.05, 3.63) is 53.7 Å². The summed E-state index contributed by atoms with van der Waals surface area (Å²) in [6, 6.07) is 9.85. The third-order valence-electron chi connectivity index (χ3n) is 4.41. The highest BCUT2D eigenvalue weighted by atomic mass is 16.5. The van der Waals surface area contributed by atoms with Crippen LogP contribution < -0.4 is 5.32 Å². The van der Waals surface area contributed by atoms with E-state index in [1.165, 1.54) is 18.9 Å². The van der Waals surface area contributed by atoms with Crippen LogP contribution in [0.15, 0.2) is 42.6 Å². The zero-order valence-electron chi connectivity index (χ0n) is 14.9. The number of carbonyl (C=O) groups is 2. The van der Waals surface area contributed by atoms with E-state index in [1.54, 1.807) is 18.3 Å². The zero-order valence-corrected chi connectivity index (χ0v) is 14.9. The van der Waals surface area contributed by atoms with Gasteiger partial charge in [0.2, 0.25) is 0 Å². The quantitative estimate of drug-likeness (QED) is 0.637. The number of aryl methyl sites for hydroxylation is 1. The number of ether oxygens (including phenoxy) is 1. The van der Waals surface area contributed by atoms with Gasteiger partial charge in [0.05, 0.1) is 12.2 Å². The fourth-order valence-electron chi connectivity index (χ4n) is 3.15. The molecule has 1 saturated carbocycles. The average Bonchev–Trinajstić information content (AvgIpc) is 3.29. The van der Waals surface area contributed by atoms with Crippen LogP contribution in [0.5, 0.6) is 0 Å². The summed E-state index contributed by atoms with van der Waals surface area (Å²) in [5.74, 6) is -0.277. The molecule has 0 bridgehead atoms. The first-order valence-corrected chi connectivity index (χ1v) is 8.87. The van der Waals surface area contributed by atoms with Crippen LogP contribution in [-0.2, 0) is 14.3 Å². The number of aromatic nitrogens is 2. The van der Waals surface area contributed by atoms with Crippen molar-refractivity contribution in [2.24, 2.45) is 0 Å². The maximum atomic E-state index is 12.0. The Bertz CT molecular complexity index is 804. The standard InChI is InChI=1S/C20H23N3O3/c1-15-5-4-6-16(13-15)9-10-20(25)26-14-19(24)22-18-11-12-21-23(18)17-7-2-3-8-17/h4-6,9-13,17H,2-3,7-8,14H2,1H3,(H,22,24)/b10-9+. The van der Waals surface area contributed by atoms with Crippen molar-refractivity contribution < 1.29 is 14.3 Å². The van der Waals surface area contributed by atoms with Gasteiger partial charge in [-0.15, -0.1) is 0 Å². The molecule has 3 rings (SSSR count). The van der Waals surface area contributed by atoms with Gasteiger partial charge in [0, 0.05) is 12.1 Å². The fourth-order valence-corrected chi connectivity index (χ4v) is 3.15. The first-order valence-electron chi connectivity index (χ1n) is 8.87. The van der Waals surface area contributed by atoms with Crippen LogP contribution in [0.3, 0.4) is 0 Å². The summed E-state index contributed by atoms with van der Waals surface area (Å²) in [4.78, 5) is 23.8. The van der Waals surface area contributed by atoms with Crippen LogP contribution in [0.1, 0.15) is 42.9 Å². The van der Waals surface area contributed by atoms with Crippen LogP contribution in [0.4, 0.5) is 5.82 Å². The first-order chi connectivity index (χ1) is 12.6. The topological polar surface area (TPSA) is 73.2 Å². The predicted octanol–water partition coefficient (Wildman–Crippen LogP) is 3.50. The van der Waals surface area contributed by atoms with Gasteiger partial charge in [-0.2, -0.15) is 5.10 Å². The molecule has 1 aliphatic rings. The third-order valence-corrected chi connectivity index (χ3v) is 4.41. The third kappa shape index (κ3) is 4.81. The molecule has 2 aromatic rings. The van der Waals surface area contributed by atoms with Crippen LogP contribution in [0.25, 0.3) is 6.08 Å². The summed E-state index contributed by atoms with van der Waals surface area (Å²) < 4.78 is 6.85. The number of anilines is 1. The van der Waals surface area contributed by atoms with E-state index in [1.807, 2.05) is 35.9 Å². The number of nitrogens with one attached hydrogen (secondary N) is 1. The Labute approximate surface area is 152 Å². The molecular formula is C20H23N3O3. The van der Waals surface area contributed by atoms with E-state index in [0.29, 0.717) is 11.9 Å². The van der Waals surface area contributed by atoms with Crippen molar-refractivity contribution in [1.29, 1.82) is 0 Å². The number of benzene rings is 1. The van der Waals surface area contributed by atoms with Crippen molar-refractivity contribution in [2.45, 2.75) is 38.6 Å². The van der Waals surface area contributed by atoms with Crippen LogP contribution in [0, 0.1) is 6.92 Å². The van der Waals surface area contributed by atoms with E-state index in [9.17, 15) is 9.59 Å². The van der Waals surface area contributed by atoms with E-state index < -0.39 is 5.97 Å². The van der Waals surface area contributed by atoms with Gasteiger partial charge in [0.15, 0.2) is 6.61 Å². The van der Waals surface area contributed by atoms with Gasteiger partial charge in [0.1, 0.15) is 5.82 Å². The summed E-state index contributed by atoms with van der Waals surface area (Å²) in [6.45, 7) is 1.66. The lowest BCUT2D eigenvalue weighted by molar-refractivity contribution is -0.142. The molecule has 1 amide bonds. The second-order valence-corrected chi connectivity index (χ2v) is 6.50. The predicted molar refractivity (Wildman–Crippen MR) is 99.5 cm³/mol. The SMILES string of the molecule is Cc1cccc(/C=C/C(=O)OCC(=O)Nc2ccnn2C2CCCC2)c1. The van der Waals surface area contributed by atoms with Gasteiger partial charge in [-0.25, -0.2) is 9.48 Å². The minimum atomic E-state index is -0.550. The van der Waals surface area contributed by atoms with E-state index in [0.717, 1.165) is 24.0 Å². The Hall–Kier alpha value is -2.89. The maximum Gasteiger partial charge on any atom is 0.331 e. The molecule has 1 fully saturated rings. The number of nitrogens with zero attached hydrogens (tertiary/aromatic N) is 2. The molecule has 1 aromatic heterocycles. The minimum absolute atomic E-state index is 0.327. The number of esters is 1.